The van der Waals surface area contributed by atoms with Crippen molar-refractivity contribution in [2.24, 2.45) is 0 Å². The molecule has 0 bridgehead atoms. The van der Waals surface area contributed by atoms with Gasteiger partial charge in [0.2, 0.25) is 0 Å². The van der Waals surface area contributed by atoms with Gasteiger partial charge in [0, 0.05) is 18.3 Å². The summed E-state index contributed by atoms with van der Waals surface area (Å²) in [5.74, 6) is 0.671. The topological polar surface area (TPSA) is 64.8 Å². The molecular weight excluding hydrogens is 256 g/mol. The third-order valence-electron chi connectivity index (χ3n) is 4.23. The Bertz CT molecular complexity index is 518. The Kier molecular flexibility index (Phi) is 3.53. The van der Waals surface area contributed by atoms with E-state index in [1.54, 1.807) is 25.3 Å². The van der Waals surface area contributed by atoms with Crippen LogP contribution in [0.15, 0.2) is 18.2 Å². The number of methoxy groups -OCH3 is 1. The number of amides is 1. The van der Waals surface area contributed by atoms with Crippen LogP contribution >= 0.6 is 0 Å². The van der Waals surface area contributed by atoms with Crippen LogP contribution in [-0.4, -0.2) is 43.2 Å². The number of nitrogens with two attached hydrogens (primary N) is 1. The summed E-state index contributed by atoms with van der Waals surface area (Å²) in [6.07, 6.45) is 3.39. The highest BCUT2D eigenvalue weighted by atomic mass is 16.5. The first-order chi connectivity index (χ1) is 9.70. The minimum Gasteiger partial charge on any atom is -0.497 e. The lowest BCUT2D eigenvalue weighted by molar-refractivity contribution is -0.0445. The van der Waals surface area contributed by atoms with Crippen molar-refractivity contribution in [1.82, 2.24) is 4.90 Å². The fraction of sp³-hybridized carbons (Fsp3) is 0.533. The minimum absolute atomic E-state index is 0.00496. The van der Waals surface area contributed by atoms with Crippen LogP contribution in [-0.2, 0) is 4.74 Å². The largest absolute Gasteiger partial charge is 0.497 e. The van der Waals surface area contributed by atoms with Crippen LogP contribution in [0.1, 0.15) is 29.6 Å². The molecule has 1 aromatic carbocycles. The first kappa shape index (κ1) is 13.2. The lowest BCUT2D eigenvalue weighted by atomic mass is 10.1. The maximum atomic E-state index is 12.7. The minimum atomic E-state index is 0.00496. The fourth-order valence-corrected chi connectivity index (χ4v) is 3.20. The summed E-state index contributed by atoms with van der Waals surface area (Å²) in [5, 5.41) is 0. The van der Waals surface area contributed by atoms with Crippen molar-refractivity contribution in [3.63, 3.8) is 0 Å². The van der Waals surface area contributed by atoms with Crippen LogP contribution in [0.25, 0.3) is 0 Å². The van der Waals surface area contributed by atoms with E-state index in [4.69, 9.17) is 15.2 Å². The molecule has 1 saturated heterocycles. The number of nitrogens with zero attached hydrogens (tertiary/aromatic N) is 1. The Balaban J connectivity index is 1.84. The summed E-state index contributed by atoms with van der Waals surface area (Å²) in [6, 6.07) is 5.42. The van der Waals surface area contributed by atoms with E-state index >= 15 is 0 Å². The first-order valence-corrected chi connectivity index (χ1v) is 7.07. The van der Waals surface area contributed by atoms with Gasteiger partial charge >= 0.3 is 0 Å². The number of morpholine rings is 1. The molecule has 108 valence electrons. The molecular formula is C15H20N2O3. The van der Waals surface area contributed by atoms with Crippen molar-refractivity contribution in [3.8, 4) is 5.75 Å². The molecule has 1 amide bonds. The number of hydrogen-bond acceptors (Lipinski definition) is 4. The summed E-state index contributed by atoms with van der Waals surface area (Å²) >= 11 is 0. The van der Waals surface area contributed by atoms with Gasteiger partial charge in [-0.1, -0.05) is 0 Å². The van der Waals surface area contributed by atoms with Gasteiger partial charge in [0.05, 0.1) is 31.4 Å². The van der Waals surface area contributed by atoms with E-state index in [2.05, 4.69) is 0 Å². The smallest absolute Gasteiger partial charge is 0.256 e. The van der Waals surface area contributed by atoms with Gasteiger partial charge in [0.25, 0.3) is 5.91 Å². The molecule has 2 aliphatic rings. The SMILES string of the molecule is COc1ccc(C(=O)N2CCOC3CCCC32)c(N)c1. The van der Waals surface area contributed by atoms with Gasteiger partial charge < -0.3 is 20.1 Å². The first-order valence-electron chi connectivity index (χ1n) is 7.07. The average Bonchev–Trinajstić information content (AvgIpc) is 2.94. The Labute approximate surface area is 118 Å². The highest BCUT2D eigenvalue weighted by molar-refractivity contribution is 5.99. The van der Waals surface area contributed by atoms with Crippen molar-refractivity contribution in [2.75, 3.05) is 26.0 Å². The van der Waals surface area contributed by atoms with Gasteiger partial charge in [-0.25, -0.2) is 0 Å². The number of anilines is 1. The Morgan fingerprint density at radius 1 is 1.45 bits per heavy atom. The van der Waals surface area contributed by atoms with E-state index in [-0.39, 0.29) is 18.1 Å². The number of carbonyl (C=O) groups excluding carboxylic acids is 1. The normalized spacial score (nSPS) is 25.4. The number of ether oxygens (including phenoxy) is 2. The number of nitrogen functional groups attached to an aromatic ring is 1. The van der Waals surface area contributed by atoms with Crippen LogP contribution in [0, 0.1) is 0 Å². The van der Waals surface area contributed by atoms with Gasteiger partial charge in [-0.15, -0.1) is 0 Å². The summed E-state index contributed by atoms with van der Waals surface area (Å²) < 4.78 is 10.9. The number of rotatable bonds is 2. The van der Waals surface area contributed by atoms with Crippen LogP contribution < -0.4 is 10.5 Å². The molecule has 1 aliphatic carbocycles. The Morgan fingerprint density at radius 3 is 3.05 bits per heavy atom. The summed E-state index contributed by atoms with van der Waals surface area (Å²) in [6.45, 7) is 1.26. The van der Waals surface area contributed by atoms with Crippen molar-refractivity contribution in [1.29, 1.82) is 0 Å². The van der Waals surface area contributed by atoms with Gasteiger partial charge in [0.1, 0.15) is 5.75 Å². The molecule has 0 spiro atoms. The monoisotopic (exact) mass is 276 g/mol. The Morgan fingerprint density at radius 2 is 2.30 bits per heavy atom. The third-order valence-corrected chi connectivity index (χ3v) is 4.23. The predicted molar refractivity (Wildman–Crippen MR) is 75.8 cm³/mol. The van der Waals surface area contributed by atoms with Gasteiger partial charge in [-0.2, -0.15) is 0 Å². The molecule has 1 aliphatic heterocycles. The molecule has 1 saturated carbocycles. The maximum absolute atomic E-state index is 12.7. The zero-order valence-corrected chi connectivity index (χ0v) is 11.7. The molecule has 0 aromatic heterocycles. The number of benzene rings is 1. The molecule has 2 N–H and O–H groups in total. The molecule has 2 atom stereocenters. The molecule has 20 heavy (non-hydrogen) atoms. The zero-order valence-electron chi connectivity index (χ0n) is 11.7. The second-order valence-electron chi connectivity index (χ2n) is 5.36. The molecule has 2 fully saturated rings. The van der Waals surface area contributed by atoms with E-state index in [0.717, 1.165) is 19.3 Å². The summed E-state index contributed by atoms with van der Waals surface area (Å²) in [7, 11) is 1.58. The van der Waals surface area contributed by atoms with E-state index in [0.29, 0.717) is 30.2 Å². The summed E-state index contributed by atoms with van der Waals surface area (Å²) in [4.78, 5) is 14.6. The fourth-order valence-electron chi connectivity index (χ4n) is 3.20. The standard InChI is InChI=1S/C15H20N2O3/c1-19-10-5-6-11(12(16)9-10)15(18)17-7-8-20-14-4-2-3-13(14)17/h5-6,9,13-14H,2-4,7-8,16H2,1H3. The summed E-state index contributed by atoms with van der Waals surface area (Å²) in [5.41, 5.74) is 7.00. The van der Waals surface area contributed by atoms with Crippen molar-refractivity contribution < 1.29 is 14.3 Å². The lowest BCUT2D eigenvalue weighted by Gasteiger charge is -2.37. The van der Waals surface area contributed by atoms with E-state index in [9.17, 15) is 4.79 Å². The number of hydrogen-bond donors (Lipinski definition) is 1. The van der Waals surface area contributed by atoms with Crippen LogP contribution in [0.2, 0.25) is 0 Å². The maximum Gasteiger partial charge on any atom is 0.256 e. The van der Waals surface area contributed by atoms with E-state index in [1.807, 2.05) is 4.90 Å². The molecule has 2 unspecified atom stereocenters. The highest BCUT2D eigenvalue weighted by Gasteiger charge is 2.38. The van der Waals surface area contributed by atoms with Crippen LogP contribution in [0.5, 0.6) is 5.75 Å². The highest BCUT2D eigenvalue weighted by Crippen LogP contribution is 2.31. The molecule has 5 nitrogen and oxygen atoms in total. The number of carbonyl (C=O) groups is 1. The number of fused-ring (bicyclic) bond motifs is 1. The lowest BCUT2D eigenvalue weighted by Crippen LogP contribution is -2.51. The van der Waals surface area contributed by atoms with Crippen molar-refractivity contribution in [3.05, 3.63) is 23.8 Å². The van der Waals surface area contributed by atoms with Crippen LogP contribution in [0.3, 0.4) is 0 Å². The molecule has 1 heterocycles. The third kappa shape index (κ3) is 2.22. The molecule has 3 rings (SSSR count). The average molecular weight is 276 g/mol. The van der Waals surface area contributed by atoms with Gasteiger partial charge in [-0.3, -0.25) is 4.79 Å². The van der Waals surface area contributed by atoms with E-state index < -0.39 is 0 Å². The Hall–Kier alpha value is -1.75. The molecule has 1 aromatic rings. The second kappa shape index (κ2) is 5.32. The molecule has 5 heteroatoms. The zero-order chi connectivity index (χ0) is 14.1. The predicted octanol–water partition coefficient (Wildman–Crippen LogP) is 1.67. The van der Waals surface area contributed by atoms with Gasteiger partial charge in [-0.05, 0) is 31.4 Å². The quantitative estimate of drug-likeness (QED) is 0.835. The second-order valence-corrected chi connectivity index (χ2v) is 5.36. The van der Waals surface area contributed by atoms with Gasteiger partial charge in [0.15, 0.2) is 0 Å². The van der Waals surface area contributed by atoms with E-state index in [1.165, 1.54) is 0 Å². The van der Waals surface area contributed by atoms with Crippen molar-refractivity contribution >= 4 is 11.6 Å². The van der Waals surface area contributed by atoms with Crippen molar-refractivity contribution in [2.45, 2.75) is 31.4 Å². The molecule has 0 radical (unpaired) electrons. The van der Waals surface area contributed by atoms with Crippen LogP contribution in [0.4, 0.5) is 5.69 Å².